The van der Waals surface area contributed by atoms with Crippen LogP contribution in [-0.4, -0.2) is 23.3 Å². The molecule has 0 saturated carbocycles. The predicted molar refractivity (Wildman–Crippen MR) is 95.0 cm³/mol. The summed E-state index contributed by atoms with van der Waals surface area (Å²) in [6.45, 7) is 5.27. The lowest BCUT2D eigenvalue weighted by atomic mass is 9.98. The van der Waals surface area contributed by atoms with Gasteiger partial charge >= 0.3 is 0 Å². The Labute approximate surface area is 142 Å². The SMILES string of the molecule is CCC(=O)N1CCc2ccc(NC(=O)c3ccc(C)cc3)cc2C1. The van der Waals surface area contributed by atoms with E-state index in [1.165, 1.54) is 5.56 Å². The summed E-state index contributed by atoms with van der Waals surface area (Å²) in [5, 5.41) is 2.94. The molecule has 0 fully saturated rings. The molecule has 4 nitrogen and oxygen atoms in total. The van der Waals surface area contributed by atoms with E-state index < -0.39 is 0 Å². The third-order valence-corrected chi connectivity index (χ3v) is 4.45. The van der Waals surface area contributed by atoms with Gasteiger partial charge in [-0.25, -0.2) is 0 Å². The fraction of sp³-hybridized carbons (Fsp3) is 0.300. The summed E-state index contributed by atoms with van der Waals surface area (Å²) in [6.07, 6.45) is 1.40. The van der Waals surface area contributed by atoms with Crippen LogP contribution < -0.4 is 5.32 Å². The fourth-order valence-electron chi connectivity index (χ4n) is 2.98. The number of aryl methyl sites for hydroxylation is 1. The third-order valence-electron chi connectivity index (χ3n) is 4.45. The molecule has 0 unspecified atom stereocenters. The maximum atomic E-state index is 12.3. The van der Waals surface area contributed by atoms with Crippen LogP contribution in [0, 0.1) is 6.92 Å². The van der Waals surface area contributed by atoms with Gasteiger partial charge in [-0.05, 0) is 48.7 Å². The van der Waals surface area contributed by atoms with Crippen LogP contribution in [-0.2, 0) is 17.8 Å². The summed E-state index contributed by atoms with van der Waals surface area (Å²) in [5.74, 6) is 0.0574. The minimum atomic E-state index is -0.118. The second-order valence-electron chi connectivity index (χ2n) is 6.22. The van der Waals surface area contributed by atoms with Crippen LogP contribution in [0.1, 0.15) is 40.4 Å². The zero-order chi connectivity index (χ0) is 17.1. The molecule has 1 aliphatic heterocycles. The van der Waals surface area contributed by atoms with Crippen LogP contribution >= 0.6 is 0 Å². The van der Waals surface area contributed by atoms with Crippen LogP contribution in [0.25, 0.3) is 0 Å². The van der Waals surface area contributed by atoms with Gasteiger partial charge < -0.3 is 10.2 Å². The van der Waals surface area contributed by atoms with E-state index in [9.17, 15) is 9.59 Å². The zero-order valence-electron chi connectivity index (χ0n) is 14.1. The number of hydrogen-bond acceptors (Lipinski definition) is 2. The van der Waals surface area contributed by atoms with Crippen molar-refractivity contribution >= 4 is 17.5 Å². The van der Waals surface area contributed by atoms with Gasteiger partial charge in [0, 0.05) is 30.8 Å². The van der Waals surface area contributed by atoms with Crippen LogP contribution in [0.3, 0.4) is 0 Å². The summed E-state index contributed by atoms with van der Waals surface area (Å²) in [5.41, 5.74) is 4.90. The Balaban J connectivity index is 1.75. The lowest BCUT2D eigenvalue weighted by molar-refractivity contribution is -0.131. The second kappa shape index (κ2) is 6.87. The normalized spacial score (nSPS) is 13.3. The quantitative estimate of drug-likeness (QED) is 0.939. The molecule has 24 heavy (non-hydrogen) atoms. The highest BCUT2D eigenvalue weighted by Gasteiger charge is 2.20. The number of carbonyl (C=O) groups is 2. The van der Waals surface area contributed by atoms with Gasteiger partial charge in [-0.3, -0.25) is 9.59 Å². The Bertz CT molecular complexity index is 766. The molecule has 3 rings (SSSR count). The van der Waals surface area contributed by atoms with Crippen LogP contribution in [0.4, 0.5) is 5.69 Å². The Morgan fingerprint density at radius 1 is 1.08 bits per heavy atom. The van der Waals surface area contributed by atoms with E-state index in [2.05, 4.69) is 5.32 Å². The molecule has 124 valence electrons. The molecule has 2 amide bonds. The van der Waals surface area contributed by atoms with Gasteiger partial charge in [-0.15, -0.1) is 0 Å². The van der Waals surface area contributed by atoms with Gasteiger partial charge in [0.25, 0.3) is 5.91 Å². The first-order valence-electron chi connectivity index (χ1n) is 8.34. The number of carbonyl (C=O) groups excluding carboxylic acids is 2. The second-order valence-corrected chi connectivity index (χ2v) is 6.22. The smallest absolute Gasteiger partial charge is 0.255 e. The molecule has 0 spiro atoms. The summed E-state index contributed by atoms with van der Waals surface area (Å²) in [4.78, 5) is 26.1. The molecule has 1 heterocycles. The van der Waals surface area contributed by atoms with Crippen LogP contribution in [0.2, 0.25) is 0 Å². The molecule has 2 aromatic carbocycles. The Morgan fingerprint density at radius 2 is 1.83 bits per heavy atom. The summed E-state index contributed by atoms with van der Waals surface area (Å²) in [7, 11) is 0. The highest BCUT2D eigenvalue weighted by atomic mass is 16.2. The number of fused-ring (bicyclic) bond motifs is 1. The number of nitrogens with one attached hydrogen (secondary N) is 1. The number of amides is 2. The molecule has 1 aliphatic rings. The van der Waals surface area contributed by atoms with Crippen molar-refractivity contribution in [1.29, 1.82) is 0 Å². The average Bonchev–Trinajstić information content (AvgIpc) is 2.61. The van der Waals surface area contributed by atoms with Gasteiger partial charge in [-0.2, -0.15) is 0 Å². The Hall–Kier alpha value is -2.62. The molecule has 4 heteroatoms. The Kier molecular flexibility index (Phi) is 4.65. The van der Waals surface area contributed by atoms with Crippen LogP contribution in [0.15, 0.2) is 42.5 Å². The highest BCUT2D eigenvalue weighted by Crippen LogP contribution is 2.23. The van der Waals surface area contributed by atoms with E-state index in [0.717, 1.165) is 29.8 Å². The van der Waals surface area contributed by atoms with Gasteiger partial charge in [0.05, 0.1) is 0 Å². The minimum Gasteiger partial charge on any atom is -0.338 e. The largest absolute Gasteiger partial charge is 0.338 e. The standard InChI is InChI=1S/C20H22N2O2/c1-3-19(23)22-11-10-15-8-9-18(12-17(15)13-22)21-20(24)16-6-4-14(2)5-7-16/h4-9,12H,3,10-11,13H2,1-2H3,(H,21,24). The molecular formula is C20H22N2O2. The molecule has 0 saturated heterocycles. The molecule has 2 aromatic rings. The molecule has 0 aliphatic carbocycles. The number of rotatable bonds is 3. The molecule has 0 aromatic heterocycles. The van der Waals surface area contributed by atoms with Gasteiger partial charge in [-0.1, -0.05) is 30.7 Å². The average molecular weight is 322 g/mol. The van der Waals surface area contributed by atoms with Crippen molar-refractivity contribution < 1.29 is 9.59 Å². The van der Waals surface area contributed by atoms with Crippen molar-refractivity contribution in [3.63, 3.8) is 0 Å². The van der Waals surface area contributed by atoms with Crippen LogP contribution in [0.5, 0.6) is 0 Å². The first-order chi connectivity index (χ1) is 11.6. The summed E-state index contributed by atoms with van der Waals surface area (Å²) >= 11 is 0. The third kappa shape index (κ3) is 3.48. The van der Waals surface area contributed by atoms with E-state index >= 15 is 0 Å². The fourth-order valence-corrected chi connectivity index (χ4v) is 2.98. The van der Waals surface area contributed by atoms with Crippen molar-refractivity contribution in [2.45, 2.75) is 33.2 Å². The topological polar surface area (TPSA) is 49.4 Å². The first kappa shape index (κ1) is 16.2. The molecule has 0 bridgehead atoms. The van der Waals surface area contributed by atoms with Crippen molar-refractivity contribution in [2.75, 3.05) is 11.9 Å². The predicted octanol–water partition coefficient (Wildman–Crippen LogP) is 3.54. The van der Waals surface area contributed by atoms with Crippen molar-refractivity contribution in [3.8, 4) is 0 Å². The van der Waals surface area contributed by atoms with E-state index in [4.69, 9.17) is 0 Å². The lowest BCUT2D eigenvalue weighted by Crippen LogP contribution is -2.35. The number of hydrogen-bond donors (Lipinski definition) is 1. The lowest BCUT2D eigenvalue weighted by Gasteiger charge is -2.29. The van der Waals surface area contributed by atoms with E-state index in [0.29, 0.717) is 18.5 Å². The molecular weight excluding hydrogens is 300 g/mol. The van der Waals surface area contributed by atoms with Gasteiger partial charge in [0.15, 0.2) is 0 Å². The van der Waals surface area contributed by atoms with Gasteiger partial charge in [0.2, 0.25) is 5.91 Å². The van der Waals surface area contributed by atoms with Gasteiger partial charge in [0.1, 0.15) is 0 Å². The van der Waals surface area contributed by atoms with E-state index in [1.54, 1.807) is 0 Å². The zero-order valence-corrected chi connectivity index (χ0v) is 14.1. The maximum Gasteiger partial charge on any atom is 0.255 e. The monoisotopic (exact) mass is 322 g/mol. The first-order valence-corrected chi connectivity index (χ1v) is 8.34. The Morgan fingerprint density at radius 3 is 2.54 bits per heavy atom. The highest BCUT2D eigenvalue weighted by molar-refractivity contribution is 6.04. The molecule has 1 N–H and O–H groups in total. The summed E-state index contributed by atoms with van der Waals surface area (Å²) in [6, 6.07) is 13.5. The van der Waals surface area contributed by atoms with E-state index in [-0.39, 0.29) is 11.8 Å². The van der Waals surface area contributed by atoms with Crippen molar-refractivity contribution in [1.82, 2.24) is 4.90 Å². The summed E-state index contributed by atoms with van der Waals surface area (Å²) < 4.78 is 0. The molecule has 0 atom stereocenters. The number of anilines is 1. The number of nitrogens with zero attached hydrogens (tertiary/aromatic N) is 1. The number of benzene rings is 2. The minimum absolute atomic E-state index is 0.118. The van der Waals surface area contributed by atoms with Crippen molar-refractivity contribution in [3.05, 3.63) is 64.7 Å². The van der Waals surface area contributed by atoms with Crippen molar-refractivity contribution in [2.24, 2.45) is 0 Å². The molecule has 0 radical (unpaired) electrons. The van der Waals surface area contributed by atoms with E-state index in [1.807, 2.05) is 61.2 Å². The maximum absolute atomic E-state index is 12.3.